The Morgan fingerprint density at radius 1 is 1.27 bits per heavy atom. The van der Waals surface area contributed by atoms with Gasteiger partial charge in [0.2, 0.25) is 0 Å². The number of guanidine groups is 1. The smallest absolute Gasteiger partial charge is 0.191 e. The van der Waals surface area contributed by atoms with Crippen molar-refractivity contribution in [1.82, 2.24) is 10.6 Å². The number of hydrogen-bond acceptors (Lipinski definition) is 4. The number of benzene rings is 1. The van der Waals surface area contributed by atoms with Gasteiger partial charge in [0.05, 0.1) is 0 Å². The van der Waals surface area contributed by atoms with E-state index in [1.165, 1.54) is 4.90 Å². The number of nitrogens with zero attached hydrogens (tertiary/aromatic N) is 1. The monoisotopic (exact) mass is 379 g/mol. The summed E-state index contributed by atoms with van der Waals surface area (Å²) in [4.78, 5) is 5.59. The molecule has 26 heavy (non-hydrogen) atoms. The summed E-state index contributed by atoms with van der Waals surface area (Å²) in [7, 11) is 1.81. The van der Waals surface area contributed by atoms with Crippen LogP contribution < -0.4 is 10.6 Å². The minimum Gasteiger partial charge on any atom is -0.381 e. The summed E-state index contributed by atoms with van der Waals surface area (Å²) >= 11 is 1.87. The first kappa shape index (κ1) is 21.1. The number of ether oxygens (including phenoxy) is 2. The third-order valence-corrected chi connectivity index (χ3v) is 5.43. The standard InChI is InChI=1S/C20H33N3O2S/c1-17(26-19-7-4-3-5-8-19)15-23-20(21-2)22-11-6-12-25-16-18-9-13-24-14-10-18/h3-5,7-8,17-18H,6,9-16H2,1-2H3,(H2,21,22,23). The van der Waals surface area contributed by atoms with Gasteiger partial charge >= 0.3 is 0 Å². The first-order valence-electron chi connectivity index (χ1n) is 9.59. The summed E-state index contributed by atoms with van der Waals surface area (Å²) in [5.41, 5.74) is 0. The van der Waals surface area contributed by atoms with Gasteiger partial charge < -0.3 is 20.1 Å². The van der Waals surface area contributed by atoms with Gasteiger partial charge in [0.25, 0.3) is 0 Å². The Morgan fingerprint density at radius 2 is 2.04 bits per heavy atom. The fraction of sp³-hybridized carbons (Fsp3) is 0.650. The first-order valence-corrected chi connectivity index (χ1v) is 10.5. The quantitative estimate of drug-likeness (QED) is 0.283. The van der Waals surface area contributed by atoms with Gasteiger partial charge in [0.15, 0.2) is 5.96 Å². The average Bonchev–Trinajstić information content (AvgIpc) is 2.68. The van der Waals surface area contributed by atoms with Crippen molar-refractivity contribution in [3.63, 3.8) is 0 Å². The molecule has 1 fully saturated rings. The van der Waals surface area contributed by atoms with Crippen molar-refractivity contribution in [3.05, 3.63) is 30.3 Å². The maximum Gasteiger partial charge on any atom is 0.191 e. The number of rotatable bonds is 10. The van der Waals surface area contributed by atoms with Crippen molar-refractivity contribution in [3.8, 4) is 0 Å². The van der Waals surface area contributed by atoms with Gasteiger partial charge in [-0.1, -0.05) is 25.1 Å². The van der Waals surface area contributed by atoms with E-state index < -0.39 is 0 Å². The molecule has 1 heterocycles. The van der Waals surface area contributed by atoms with E-state index in [0.717, 1.165) is 64.7 Å². The van der Waals surface area contributed by atoms with Crippen LogP contribution in [0.2, 0.25) is 0 Å². The van der Waals surface area contributed by atoms with Gasteiger partial charge in [0.1, 0.15) is 0 Å². The first-order chi connectivity index (χ1) is 12.8. The zero-order valence-electron chi connectivity index (χ0n) is 16.1. The highest BCUT2D eigenvalue weighted by molar-refractivity contribution is 8.00. The van der Waals surface area contributed by atoms with E-state index in [-0.39, 0.29) is 0 Å². The fourth-order valence-electron chi connectivity index (χ4n) is 2.78. The Labute approximate surface area is 162 Å². The van der Waals surface area contributed by atoms with Crippen LogP contribution in [-0.4, -0.2) is 57.8 Å². The van der Waals surface area contributed by atoms with Crippen LogP contribution in [0.15, 0.2) is 40.2 Å². The van der Waals surface area contributed by atoms with E-state index in [1.807, 2.05) is 24.9 Å². The third-order valence-electron chi connectivity index (χ3n) is 4.31. The van der Waals surface area contributed by atoms with Crippen LogP contribution in [0.1, 0.15) is 26.2 Å². The molecule has 0 amide bonds. The molecule has 1 aliphatic rings. The van der Waals surface area contributed by atoms with Crippen molar-refractivity contribution < 1.29 is 9.47 Å². The minimum atomic E-state index is 0.471. The van der Waals surface area contributed by atoms with E-state index in [1.54, 1.807) is 0 Å². The van der Waals surface area contributed by atoms with Crippen molar-refractivity contribution in [2.75, 3.05) is 46.6 Å². The molecule has 0 radical (unpaired) electrons. The predicted octanol–water partition coefficient (Wildman–Crippen LogP) is 3.17. The van der Waals surface area contributed by atoms with Gasteiger partial charge in [0, 0.05) is 56.7 Å². The molecule has 1 atom stereocenters. The van der Waals surface area contributed by atoms with Crippen LogP contribution in [0.5, 0.6) is 0 Å². The van der Waals surface area contributed by atoms with Gasteiger partial charge in [-0.15, -0.1) is 11.8 Å². The summed E-state index contributed by atoms with van der Waals surface area (Å²) in [5, 5.41) is 7.22. The fourth-order valence-corrected chi connectivity index (χ4v) is 3.72. The molecule has 1 unspecified atom stereocenters. The molecular weight excluding hydrogens is 346 g/mol. The molecule has 0 aromatic heterocycles. The third kappa shape index (κ3) is 8.92. The highest BCUT2D eigenvalue weighted by atomic mass is 32.2. The maximum atomic E-state index is 5.79. The Hall–Kier alpha value is -1.24. The summed E-state index contributed by atoms with van der Waals surface area (Å²) in [6.45, 7) is 7.40. The number of thioether (sulfide) groups is 1. The Morgan fingerprint density at radius 3 is 2.77 bits per heavy atom. The van der Waals surface area contributed by atoms with Gasteiger partial charge in [-0.2, -0.15) is 0 Å². The van der Waals surface area contributed by atoms with Crippen LogP contribution in [-0.2, 0) is 9.47 Å². The maximum absolute atomic E-state index is 5.79. The number of nitrogens with one attached hydrogen (secondary N) is 2. The summed E-state index contributed by atoms with van der Waals surface area (Å²) in [6, 6.07) is 10.5. The molecule has 2 rings (SSSR count). The second-order valence-corrected chi connectivity index (χ2v) is 8.12. The van der Waals surface area contributed by atoms with Gasteiger partial charge in [-0.25, -0.2) is 0 Å². The highest BCUT2D eigenvalue weighted by Crippen LogP contribution is 2.21. The van der Waals surface area contributed by atoms with E-state index in [4.69, 9.17) is 9.47 Å². The molecule has 6 heteroatoms. The van der Waals surface area contributed by atoms with Crippen LogP contribution in [0, 0.1) is 5.92 Å². The molecule has 1 aromatic rings. The molecule has 0 spiro atoms. The van der Waals surface area contributed by atoms with E-state index in [2.05, 4.69) is 46.8 Å². The lowest BCUT2D eigenvalue weighted by atomic mass is 10.0. The Bertz CT molecular complexity index is 507. The molecule has 5 nitrogen and oxygen atoms in total. The van der Waals surface area contributed by atoms with Crippen LogP contribution in [0.25, 0.3) is 0 Å². The lowest BCUT2D eigenvalue weighted by Gasteiger charge is -2.21. The Balaban J connectivity index is 1.50. The van der Waals surface area contributed by atoms with Crippen LogP contribution in [0.4, 0.5) is 0 Å². The second-order valence-electron chi connectivity index (χ2n) is 6.61. The highest BCUT2D eigenvalue weighted by Gasteiger charge is 2.13. The van der Waals surface area contributed by atoms with E-state index in [0.29, 0.717) is 11.2 Å². The van der Waals surface area contributed by atoms with Gasteiger partial charge in [-0.05, 0) is 37.3 Å². The second kappa shape index (κ2) is 13.0. The molecule has 0 saturated carbocycles. The molecule has 0 bridgehead atoms. The van der Waals surface area contributed by atoms with Crippen LogP contribution >= 0.6 is 11.8 Å². The van der Waals surface area contributed by atoms with Crippen molar-refractivity contribution >= 4 is 17.7 Å². The lowest BCUT2D eigenvalue weighted by Crippen LogP contribution is -2.40. The summed E-state index contributed by atoms with van der Waals surface area (Å²) in [5.74, 6) is 1.53. The molecular formula is C20H33N3O2S. The van der Waals surface area contributed by atoms with Crippen molar-refractivity contribution in [1.29, 1.82) is 0 Å². The van der Waals surface area contributed by atoms with Gasteiger partial charge in [-0.3, -0.25) is 4.99 Å². The number of hydrogen-bond donors (Lipinski definition) is 2. The molecule has 2 N–H and O–H groups in total. The molecule has 146 valence electrons. The van der Waals surface area contributed by atoms with Crippen molar-refractivity contribution in [2.45, 2.75) is 36.3 Å². The minimum absolute atomic E-state index is 0.471. The molecule has 1 saturated heterocycles. The largest absolute Gasteiger partial charge is 0.381 e. The zero-order chi connectivity index (χ0) is 18.5. The zero-order valence-corrected chi connectivity index (χ0v) is 16.9. The van der Waals surface area contributed by atoms with E-state index >= 15 is 0 Å². The van der Waals surface area contributed by atoms with Crippen molar-refractivity contribution in [2.24, 2.45) is 10.9 Å². The predicted molar refractivity (Wildman–Crippen MR) is 110 cm³/mol. The van der Waals surface area contributed by atoms with E-state index in [9.17, 15) is 0 Å². The summed E-state index contributed by atoms with van der Waals surface area (Å²) in [6.07, 6.45) is 3.25. The normalized spacial score (nSPS) is 17.1. The SMILES string of the molecule is CN=C(NCCCOCC1CCOCC1)NCC(C)Sc1ccccc1. The molecule has 0 aliphatic carbocycles. The molecule has 1 aromatic carbocycles. The topological polar surface area (TPSA) is 54.9 Å². The number of aliphatic imine (C=N–C) groups is 1. The van der Waals surface area contributed by atoms with Crippen LogP contribution in [0.3, 0.4) is 0 Å². The average molecular weight is 380 g/mol. The molecule has 1 aliphatic heterocycles. The summed E-state index contributed by atoms with van der Waals surface area (Å²) < 4.78 is 11.2. The Kier molecular flexibility index (Phi) is 10.5. The lowest BCUT2D eigenvalue weighted by molar-refractivity contribution is 0.0203.